The summed E-state index contributed by atoms with van der Waals surface area (Å²) in [4.78, 5) is 15.8. The first-order chi connectivity index (χ1) is 14.7. The number of carbonyl (C=O) groups excluding carboxylic acids is 1. The zero-order valence-corrected chi connectivity index (χ0v) is 16.4. The van der Waals surface area contributed by atoms with Gasteiger partial charge in [-0.3, -0.25) is 4.79 Å². The largest absolute Gasteiger partial charge is 0.482 e. The highest BCUT2D eigenvalue weighted by Crippen LogP contribution is 3.09. The van der Waals surface area contributed by atoms with Gasteiger partial charge in [-0.15, -0.1) is 10.2 Å². The van der Waals surface area contributed by atoms with E-state index in [9.17, 15) is 4.79 Å². The number of benzene rings is 1. The predicted octanol–water partition coefficient (Wildman–Crippen LogP) is 1.66. The van der Waals surface area contributed by atoms with Gasteiger partial charge in [-0.2, -0.15) is 5.21 Å². The van der Waals surface area contributed by atoms with Crippen LogP contribution in [-0.4, -0.2) is 50.1 Å². The summed E-state index contributed by atoms with van der Waals surface area (Å²) in [5, 5.41) is 15.1. The van der Waals surface area contributed by atoms with E-state index < -0.39 is 0 Å². The minimum absolute atomic E-state index is 0.00809. The lowest BCUT2D eigenvalue weighted by molar-refractivity contribution is -0.613. The number of aromatic nitrogens is 4. The van der Waals surface area contributed by atoms with Gasteiger partial charge in [-0.25, -0.2) is 0 Å². The summed E-state index contributed by atoms with van der Waals surface area (Å²) in [7, 11) is 0. The molecule has 10 rings (SSSR count). The summed E-state index contributed by atoms with van der Waals surface area (Å²) >= 11 is 0. The number of ether oxygens (including phenoxy) is 1. The van der Waals surface area contributed by atoms with Gasteiger partial charge >= 0.3 is 0 Å². The Balaban J connectivity index is 0.942. The number of piperidine rings is 1. The molecule has 1 spiro atoms. The van der Waals surface area contributed by atoms with E-state index in [2.05, 4.69) is 43.7 Å². The molecule has 1 aromatic heterocycles. The SMILES string of the molecule is O=C(N1CCC2(C=Cc3ccccc3O2)CC1)C12C3C4C1C1C2C3C41c1nn[nH]n1. The zero-order chi connectivity index (χ0) is 19.5. The number of H-pyrrole nitrogens is 1. The van der Waals surface area contributed by atoms with Gasteiger partial charge in [0.2, 0.25) is 5.91 Å². The Morgan fingerprint density at radius 2 is 1.80 bits per heavy atom. The van der Waals surface area contributed by atoms with E-state index >= 15 is 0 Å². The molecule has 0 unspecified atom stereocenters. The number of nitrogens with one attached hydrogen (secondary N) is 1. The lowest BCUT2D eigenvalue weighted by Gasteiger charge is -3.09. The van der Waals surface area contributed by atoms with E-state index in [0.717, 1.165) is 43.1 Å². The van der Waals surface area contributed by atoms with Gasteiger partial charge in [-0.1, -0.05) is 29.5 Å². The monoisotopic (exact) mass is 399 g/mol. The van der Waals surface area contributed by atoms with Crippen LogP contribution in [0.5, 0.6) is 5.75 Å². The number of nitrogens with zero attached hydrogens (tertiary/aromatic N) is 4. The topological polar surface area (TPSA) is 84.0 Å². The van der Waals surface area contributed by atoms with Crippen LogP contribution < -0.4 is 4.74 Å². The summed E-state index contributed by atoms with van der Waals surface area (Å²) < 4.78 is 6.41. The quantitative estimate of drug-likeness (QED) is 0.830. The number of para-hydroxylation sites is 1. The molecule has 7 nitrogen and oxygen atoms in total. The number of tetrazole rings is 1. The van der Waals surface area contributed by atoms with Gasteiger partial charge in [0.25, 0.3) is 0 Å². The molecule has 6 saturated carbocycles. The highest BCUT2D eigenvalue weighted by Gasteiger charge is 3.12. The van der Waals surface area contributed by atoms with E-state index in [-0.39, 0.29) is 16.4 Å². The fourth-order valence-electron chi connectivity index (χ4n) is 9.58. The van der Waals surface area contributed by atoms with Gasteiger partial charge < -0.3 is 9.64 Å². The van der Waals surface area contributed by atoms with Crippen LogP contribution in [0.3, 0.4) is 0 Å². The van der Waals surface area contributed by atoms with Gasteiger partial charge in [-0.05, 0) is 47.6 Å². The normalized spacial score (nSPS) is 48.2. The molecule has 2 aromatic rings. The first-order valence-electron chi connectivity index (χ1n) is 11.2. The molecule has 1 N–H and O–H groups in total. The minimum atomic E-state index is -0.250. The predicted molar refractivity (Wildman–Crippen MR) is 104 cm³/mol. The molecule has 0 bridgehead atoms. The van der Waals surface area contributed by atoms with Crippen molar-refractivity contribution in [3.63, 3.8) is 0 Å². The molecule has 30 heavy (non-hydrogen) atoms. The Morgan fingerprint density at radius 3 is 2.50 bits per heavy atom. The molecule has 1 amide bonds. The molecule has 8 aliphatic rings. The van der Waals surface area contributed by atoms with Crippen LogP contribution in [0.25, 0.3) is 6.08 Å². The molecule has 7 fully saturated rings. The molecular formula is C23H21N5O2. The molecule has 1 saturated heterocycles. The van der Waals surface area contributed by atoms with E-state index in [0.29, 0.717) is 41.4 Å². The van der Waals surface area contributed by atoms with Crippen molar-refractivity contribution in [2.24, 2.45) is 40.9 Å². The first-order valence-corrected chi connectivity index (χ1v) is 11.2. The van der Waals surface area contributed by atoms with Crippen LogP contribution in [-0.2, 0) is 10.2 Å². The number of fused-ring (bicyclic) bond motifs is 1. The molecule has 0 radical (unpaired) electrons. The summed E-state index contributed by atoms with van der Waals surface area (Å²) in [6.07, 6.45) is 6.16. The molecule has 0 atom stereocenters. The Hall–Kier alpha value is -2.70. The van der Waals surface area contributed by atoms with Crippen LogP contribution >= 0.6 is 0 Å². The van der Waals surface area contributed by atoms with E-state index in [4.69, 9.17) is 4.74 Å². The van der Waals surface area contributed by atoms with Crippen LogP contribution in [0.15, 0.2) is 30.3 Å². The number of hydrogen-bond donors (Lipinski definition) is 1. The van der Waals surface area contributed by atoms with E-state index in [1.165, 1.54) is 0 Å². The average molecular weight is 399 g/mol. The summed E-state index contributed by atoms with van der Waals surface area (Å²) in [5.74, 6) is 6.07. The maximum Gasteiger partial charge on any atom is 0.229 e. The second-order valence-corrected chi connectivity index (χ2v) is 10.6. The van der Waals surface area contributed by atoms with Crippen LogP contribution in [0.1, 0.15) is 24.2 Å². The Bertz CT molecular complexity index is 1120. The average Bonchev–Trinajstić information content (AvgIpc) is 3.34. The second kappa shape index (κ2) is 4.20. The maximum absolute atomic E-state index is 13.7. The van der Waals surface area contributed by atoms with Crippen LogP contribution in [0.4, 0.5) is 0 Å². The van der Waals surface area contributed by atoms with Gasteiger partial charge in [0.05, 0.1) is 5.41 Å². The van der Waals surface area contributed by atoms with E-state index in [1.54, 1.807) is 0 Å². The van der Waals surface area contributed by atoms with Crippen molar-refractivity contribution in [2.45, 2.75) is 23.9 Å². The Labute approximate surface area is 172 Å². The lowest BCUT2D eigenvalue weighted by Crippen LogP contribution is -3.12. The van der Waals surface area contributed by atoms with Crippen molar-refractivity contribution in [3.05, 3.63) is 41.7 Å². The molecule has 7 heteroatoms. The highest BCUT2D eigenvalue weighted by atomic mass is 16.5. The third kappa shape index (κ3) is 1.14. The van der Waals surface area contributed by atoms with Gasteiger partial charge in [0.15, 0.2) is 5.82 Å². The first kappa shape index (κ1) is 15.2. The fourth-order valence-corrected chi connectivity index (χ4v) is 9.58. The van der Waals surface area contributed by atoms with Crippen molar-refractivity contribution < 1.29 is 9.53 Å². The molecule has 6 aliphatic carbocycles. The van der Waals surface area contributed by atoms with Crippen molar-refractivity contribution in [1.29, 1.82) is 0 Å². The summed E-state index contributed by atoms with van der Waals surface area (Å²) in [6, 6.07) is 8.20. The number of amides is 1. The van der Waals surface area contributed by atoms with Crippen molar-refractivity contribution in [3.8, 4) is 5.75 Å². The maximum atomic E-state index is 13.7. The summed E-state index contributed by atoms with van der Waals surface area (Å²) in [5.41, 5.74) is 1.09. The van der Waals surface area contributed by atoms with Crippen molar-refractivity contribution >= 4 is 12.0 Å². The number of hydrogen-bond acceptors (Lipinski definition) is 5. The number of rotatable bonds is 2. The second-order valence-electron chi connectivity index (χ2n) is 10.6. The van der Waals surface area contributed by atoms with Crippen LogP contribution in [0, 0.1) is 40.9 Å². The minimum Gasteiger partial charge on any atom is -0.482 e. The fraction of sp³-hybridized carbons (Fsp3) is 0.565. The molecule has 2 aliphatic heterocycles. The standard InChI is InChI=1S/C23H21N5O2/c29-20(28-9-7-21(8-10-28)6-5-11-3-1-2-4-12(11)30-21)23-16-13-17(23)15-18(23)14(16)22(13,15)19-24-26-27-25-19/h1-6,13-18H,7-10H2,(H,24,25,26,27). The lowest BCUT2D eigenvalue weighted by atomic mass is 8.92. The molecule has 1 aromatic carbocycles. The number of aromatic amines is 1. The molecular weight excluding hydrogens is 378 g/mol. The third-order valence-corrected chi connectivity index (χ3v) is 10.4. The number of likely N-dealkylation sites (tertiary alicyclic amines) is 1. The van der Waals surface area contributed by atoms with E-state index in [1.807, 2.05) is 18.2 Å². The van der Waals surface area contributed by atoms with Gasteiger partial charge in [0.1, 0.15) is 11.4 Å². The summed E-state index contributed by atoms with van der Waals surface area (Å²) in [6.45, 7) is 1.60. The Kier molecular flexibility index (Phi) is 2.12. The van der Waals surface area contributed by atoms with Gasteiger partial charge in [0, 0.05) is 36.9 Å². The molecule has 3 heterocycles. The van der Waals surface area contributed by atoms with Crippen molar-refractivity contribution in [1.82, 2.24) is 25.5 Å². The van der Waals surface area contributed by atoms with Crippen LogP contribution in [0.2, 0.25) is 0 Å². The Morgan fingerprint density at radius 1 is 1.07 bits per heavy atom. The zero-order valence-electron chi connectivity index (χ0n) is 16.4. The number of carbonyl (C=O) groups is 1. The highest BCUT2D eigenvalue weighted by molar-refractivity contribution is 5.93. The van der Waals surface area contributed by atoms with Crippen molar-refractivity contribution in [2.75, 3.05) is 13.1 Å². The smallest absolute Gasteiger partial charge is 0.229 e. The third-order valence-electron chi connectivity index (χ3n) is 10.4. The molecule has 150 valence electrons.